The van der Waals surface area contributed by atoms with E-state index in [4.69, 9.17) is 10.5 Å². The second-order valence-electron chi connectivity index (χ2n) is 6.96. The van der Waals surface area contributed by atoms with Crippen LogP contribution in [0.5, 0.6) is 5.75 Å². The zero-order valence-corrected chi connectivity index (χ0v) is 15.6. The summed E-state index contributed by atoms with van der Waals surface area (Å²) in [6.45, 7) is 2.93. The SMILES string of the molecule is CCOC(=O)C[C@@H]1C[C@@H](n2cc(-c3ccc(O)cc3)c3c(N)ncnc32)CN1. The number of rotatable bonds is 5. The van der Waals surface area contributed by atoms with E-state index in [0.29, 0.717) is 18.8 Å². The van der Waals surface area contributed by atoms with Crippen molar-refractivity contribution in [1.29, 1.82) is 0 Å². The molecule has 2 aromatic heterocycles. The second-order valence-corrected chi connectivity index (χ2v) is 6.96. The van der Waals surface area contributed by atoms with Crippen LogP contribution in [0.25, 0.3) is 22.2 Å². The number of carbonyl (C=O) groups excluding carboxylic acids is 1. The van der Waals surface area contributed by atoms with Gasteiger partial charge in [0.25, 0.3) is 0 Å². The molecule has 3 aromatic rings. The largest absolute Gasteiger partial charge is 0.508 e. The first-order valence-electron chi connectivity index (χ1n) is 9.36. The number of aromatic nitrogens is 3. The number of nitrogen functional groups attached to an aromatic ring is 1. The topological polar surface area (TPSA) is 115 Å². The number of hydrogen-bond acceptors (Lipinski definition) is 7. The highest BCUT2D eigenvalue weighted by molar-refractivity contribution is 6.00. The predicted octanol–water partition coefficient (Wildman–Crippen LogP) is 2.24. The van der Waals surface area contributed by atoms with Crippen molar-refractivity contribution in [2.75, 3.05) is 18.9 Å². The lowest BCUT2D eigenvalue weighted by Crippen LogP contribution is -2.25. The highest BCUT2D eigenvalue weighted by Gasteiger charge is 2.29. The zero-order chi connectivity index (χ0) is 19.7. The molecule has 146 valence electrons. The summed E-state index contributed by atoms with van der Waals surface area (Å²) in [6, 6.07) is 7.19. The Morgan fingerprint density at radius 3 is 2.89 bits per heavy atom. The molecule has 8 heteroatoms. The van der Waals surface area contributed by atoms with Gasteiger partial charge >= 0.3 is 5.97 Å². The molecule has 1 saturated heterocycles. The number of phenolic OH excluding ortho intramolecular Hbond substituents is 1. The molecule has 3 heterocycles. The smallest absolute Gasteiger partial charge is 0.307 e. The van der Waals surface area contributed by atoms with Crippen LogP contribution in [-0.2, 0) is 9.53 Å². The molecule has 28 heavy (non-hydrogen) atoms. The molecule has 1 fully saturated rings. The van der Waals surface area contributed by atoms with E-state index < -0.39 is 0 Å². The molecular weight excluding hydrogens is 358 g/mol. The van der Waals surface area contributed by atoms with Gasteiger partial charge in [0.2, 0.25) is 0 Å². The van der Waals surface area contributed by atoms with E-state index in [-0.39, 0.29) is 23.8 Å². The van der Waals surface area contributed by atoms with Crippen molar-refractivity contribution >= 4 is 22.8 Å². The van der Waals surface area contributed by atoms with Gasteiger partial charge in [0.15, 0.2) is 0 Å². The molecule has 0 spiro atoms. The third-order valence-corrected chi connectivity index (χ3v) is 5.13. The van der Waals surface area contributed by atoms with Crippen molar-refractivity contribution < 1.29 is 14.6 Å². The van der Waals surface area contributed by atoms with Crippen LogP contribution >= 0.6 is 0 Å². The van der Waals surface area contributed by atoms with Crippen molar-refractivity contribution in [1.82, 2.24) is 19.9 Å². The number of fused-ring (bicyclic) bond motifs is 1. The van der Waals surface area contributed by atoms with Crippen LogP contribution in [0.3, 0.4) is 0 Å². The Hall–Kier alpha value is -3.13. The summed E-state index contributed by atoms with van der Waals surface area (Å²) in [5.41, 5.74) is 8.78. The van der Waals surface area contributed by atoms with Crippen LogP contribution in [-0.4, -0.2) is 44.8 Å². The van der Waals surface area contributed by atoms with Crippen molar-refractivity contribution in [3.8, 4) is 16.9 Å². The standard InChI is InChI=1S/C20H23N5O3/c1-2-28-17(27)8-13-7-14(9-22-13)25-10-16(12-3-5-15(26)6-4-12)18-19(21)23-11-24-20(18)25/h3-6,10-11,13-14,22,26H,2,7-9H2,1H3,(H2,21,23,24)/t13-,14+/m0/s1. The minimum absolute atomic E-state index is 0.0674. The molecule has 4 rings (SSSR count). The van der Waals surface area contributed by atoms with Crippen molar-refractivity contribution in [2.45, 2.75) is 31.8 Å². The maximum Gasteiger partial charge on any atom is 0.307 e. The van der Waals surface area contributed by atoms with E-state index in [2.05, 4.69) is 19.9 Å². The third-order valence-electron chi connectivity index (χ3n) is 5.13. The van der Waals surface area contributed by atoms with Gasteiger partial charge in [0, 0.05) is 30.4 Å². The highest BCUT2D eigenvalue weighted by atomic mass is 16.5. The van der Waals surface area contributed by atoms with Gasteiger partial charge in [-0.3, -0.25) is 4.79 Å². The molecule has 1 aliphatic rings. The van der Waals surface area contributed by atoms with E-state index in [0.717, 1.165) is 35.1 Å². The molecule has 8 nitrogen and oxygen atoms in total. The minimum Gasteiger partial charge on any atom is -0.508 e. The number of nitrogens with two attached hydrogens (primary N) is 1. The van der Waals surface area contributed by atoms with Crippen molar-refractivity contribution in [2.24, 2.45) is 0 Å². The summed E-state index contributed by atoms with van der Waals surface area (Å²) < 4.78 is 7.16. The van der Waals surface area contributed by atoms with Gasteiger partial charge in [-0.05, 0) is 31.0 Å². The van der Waals surface area contributed by atoms with E-state index >= 15 is 0 Å². The van der Waals surface area contributed by atoms with Crippen LogP contribution in [0.2, 0.25) is 0 Å². The Morgan fingerprint density at radius 1 is 1.36 bits per heavy atom. The maximum absolute atomic E-state index is 11.8. The molecule has 0 aliphatic carbocycles. The molecular formula is C20H23N5O3. The van der Waals surface area contributed by atoms with E-state index in [1.54, 1.807) is 12.1 Å². The number of carbonyl (C=O) groups is 1. The van der Waals surface area contributed by atoms with E-state index in [1.165, 1.54) is 6.33 Å². The number of benzene rings is 1. The molecule has 4 N–H and O–H groups in total. The number of anilines is 1. The van der Waals surface area contributed by atoms with Gasteiger partial charge in [-0.25, -0.2) is 9.97 Å². The molecule has 0 saturated carbocycles. The molecule has 1 aliphatic heterocycles. The van der Waals surface area contributed by atoms with Gasteiger partial charge in [-0.15, -0.1) is 0 Å². The van der Waals surface area contributed by atoms with Gasteiger partial charge in [0.1, 0.15) is 23.5 Å². The van der Waals surface area contributed by atoms with Crippen LogP contribution in [0.15, 0.2) is 36.8 Å². The van der Waals surface area contributed by atoms with Crippen molar-refractivity contribution in [3.05, 3.63) is 36.8 Å². The summed E-state index contributed by atoms with van der Waals surface area (Å²) in [7, 11) is 0. The number of nitrogens with zero attached hydrogens (tertiary/aromatic N) is 3. The lowest BCUT2D eigenvalue weighted by Gasteiger charge is -2.13. The van der Waals surface area contributed by atoms with E-state index in [1.807, 2.05) is 25.3 Å². The zero-order valence-electron chi connectivity index (χ0n) is 15.6. The summed E-state index contributed by atoms with van der Waals surface area (Å²) in [6.07, 6.45) is 4.64. The molecule has 2 atom stereocenters. The summed E-state index contributed by atoms with van der Waals surface area (Å²) in [4.78, 5) is 20.4. The Kier molecular flexibility index (Phi) is 4.87. The first-order valence-corrected chi connectivity index (χ1v) is 9.36. The number of hydrogen-bond donors (Lipinski definition) is 3. The fourth-order valence-electron chi connectivity index (χ4n) is 3.83. The summed E-state index contributed by atoms with van der Waals surface area (Å²) >= 11 is 0. The third kappa shape index (κ3) is 3.38. The lowest BCUT2D eigenvalue weighted by atomic mass is 10.1. The monoisotopic (exact) mass is 381 g/mol. The van der Waals surface area contributed by atoms with Gasteiger partial charge in [0.05, 0.1) is 18.4 Å². The average molecular weight is 381 g/mol. The molecule has 1 aromatic carbocycles. The quantitative estimate of drug-likeness (QED) is 0.581. The second kappa shape index (κ2) is 7.47. The number of aromatic hydroxyl groups is 1. The Morgan fingerprint density at radius 2 is 2.14 bits per heavy atom. The number of nitrogens with one attached hydrogen (secondary N) is 1. The summed E-state index contributed by atoms with van der Waals surface area (Å²) in [5.74, 6) is 0.439. The molecule has 0 amide bonds. The first kappa shape index (κ1) is 18.2. The Labute approximate surface area is 162 Å². The minimum atomic E-state index is -0.186. The van der Waals surface area contributed by atoms with Crippen molar-refractivity contribution in [3.63, 3.8) is 0 Å². The molecule has 0 unspecified atom stereocenters. The first-order chi connectivity index (χ1) is 13.6. The maximum atomic E-state index is 11.8. The predicted molar refractivity (Wildman–Crippen MR) is 106 cm³/mol. The highest BCUT2D eigenvalue weighted by Crippen LogP contribution is 2.36. The van der Waals surface area contributed by atoms with Crippen LogP contribution < -0.4 is 11.1 Å². The number of esters is 1. The Bertz CT molecular complexity index is 999. The fourth-order valence-corrected chi connectivity index (χ4v) is 3.83. The normalized spacial score (nSPS) is 19.2. The number of ether oxygens (including phenoxy) is 1. The summed E-state index contributed by atoms with van der Waals surface area (Å²) in [5, 5.41) is 13.8. The van der Waals surface area contributed by atoms with Gasteiger partial charge in [-0.1, -0.05) is 12.1 Å². The van der Waals surface area contributed by atoms with Crippen LogP contribution in [0.4, 0.5) is 5.82 Å². The average Bonchev–Trinajstić information content (AvgIpc) is 3.28. The number of phenols is 1. The van der Waals surface area contributed by atoms with Crippen LogP contribution in [0, 0.1) is 0 Å². The molecule has 0 radical (unpaired) electrons. The van der Waals surface area contributed by atoms with Gasteiger partial charge in [-0.2, -0.15) is 0 Å². The molecule has 0 bridgehead atoms. The Balaban J connectivity index is 1.68. The van der Waals surface area contributed by atoms with E-state index in [9.17, 15) is 9.90 Å². The lowest BCUT2D eigenvalue weighted by molar-refractivity contribution is -0.143. The fraction of sp³-hybridized carbons (Fsp3) is 0.350. The van der Waals surface area contributed by atoms with Gasteiger partial charge < -0.3 is 25.5 Å². The van der Waals surface area contributed by atoms with Crippen LogP contribution in [0.1, 0.15) is 25.8 Å².